The fraction of sp³-hybridized carbons (Fsp3) is 0.538. The summed E-state index contributed by atoms with van der Waals surface area (Å²) in [7, 11) is 0. The van der Waals surface area contributed by atoms with E-state index in [1.807, 2.05) is 4.90 Å². The maximum atomic E-state index is 12.8. The summed E-state index contributed by atoms with van der Waals surface area (Å²) in [4.78, 5) is 2.01. The summed E-state index contributed by atoms with van der Waals surface area (Å²) in [5.41, 5.74) is 0.954. The number of aliphatic hydroxyl groups is 2. The van der Waals surface area contributed by atoms with Crippen LogP contribution in [0, 0.1) is 5.82 Å². The van der Waals surface area contributed by atoms with Crippen LogP contribution in [0.5, 0.6) is 0 Å². The smallest absolute Gasteiger partial charge is 0.123 e. The van der Waals surface area contributed by atoms with Gasteiger partial charge in [0.1, 0.15) is 5.82 Å². The van der Waals surface area contributed by atoms with Crippen molar-refractivity contribution in [2.24, 2.45) is 0 Å². The second kappa shape index (κ2) is 6.24. The molecule has 1 heterocycles. The van der Waals surface area contributed by atoms with E-state index in [0.717, 1.165) is 5.56 Å². The lowest BCUT2D eigenvalue weighted by Crippen LogP contribution is -2.54. The molecule has 0 bridgehead atoms. The second-order valence-corrected chi connectivity index (χ2v) is 4.51. The van der Waals surface area contributed by atoms with Crippen molar-refractivity contribution in [3.63, 3.8) is 0 Å². The first kappa shape index (κ1) is 13.4. The molecule has 18 heavy (non-hydrogen) atoms. The zero-order valence-electron chi connectivity index (χ0n) is 10.1. The van der Waals surface area contributed by atoms with Gasteiger partial charge in [-0.3, -0.25) is 4.90 Å². The fourth-order valence-corrected chi connectivity index (χ4v) is 2.20. The Bertz CT molecular complexity index is 359. The molecule has 2 N–H and O–H groups in total. The Morgan fingerprint density at radius 1 is 1.11 bits per heavy atom. The van der Waals surface area contributed by atoms with Crippen molar-refractivity contribution in [1.29, 1.82) is 0 Å². The monoisotopic (exact) mass is 255 g/mol. The van der Waals surface area contributed by atoms with Crippen LogP contribution in [0.2, 0.25) is 0 Å². The van der Waals surface area contributed by atoms with E-state index in [4.69, 9.17) is 4.74 Å². The van der Waals surface area contributed by atoms with Gasteiger partial charge < -0.3 is 14.9 Å². The Balaban J connectivity index is 2.09. The normalized spacial score (nSPS) is 25.3. The van der Waals surface area contributed by atoms with Crippen LogP contribution in [0.15, 0.2) is 24.3 Å². The van der Waals surface area contributed by atoms with Crippen molar-refractivity contribution in [3.05, 3.63) is 35.6 Å². The third-order valence-electron chi connectivity index (χ3n) is 3.26. The van der Waals surface area contributed by atoms with Gasteiger partial charge in [0.05, 0.1) is 38.5 Å². The molecule has 2 rings (SSSR count). The van der Waals surface area contributed by atoms with Gasteiger partial charge in [0.15, 0.2) is 0 Å². The minimum absolute atomic E-state index is 0.0162. The van der Waals surface area contributed by atoms with Crippen LogP contribution in [0.1, 0.15) is 5.56 Å². The summed E-state index contributed by atoms with van der Waals surface area (Å²) in [6, 6.07) is 6.01. The minimum atomic E-state index is -0.266. The first-order chi connectivity index (χ1) is 8.74. The molecule has 1 fully saturated rings. The highest BCUT2D eigenvalue weighted by Crippen LogP contribution is 2.17. The van der Waals surface area contributed by atoms with E-state index in [0.29, 0.717) is 19.8 Å². The number of morpholine rings is 1. The lowest BCUT2D eigenvalue weighted by atomic mass is 10.1. The summed E-state index contributed by atoms with van der Waals surface area (Å²) in [6.07, 6.45) is 0. The summed E-state index contributed by atoms with van der Waals surface area (Å²) >= 11 is 0. The Kier molecular flexibility index (Phi) is 4.66. The molecular weight excluding hydrogens is 237 g/mol. The third kappa shape index (κ3) is 3.05. The topological polar surface area (TPSA) is 52.9 Å². The molecule has 1 aliphatic heterocycles. The molecular formula is C13H18FNO3. The van der Waals surface area contributed by atoms with Crippen molar-refractivity contribution < 1.29 is 19.3 Å². The predicted octanol–water partition coefficient (Wildman–Crippen LogP) is 0.380. The number of hydrogen-bond acceptors (Lipinski definition) is 4. The maximum absolute atomic E-state index is 12.8. The van der Waals surface area contributed by atoms with E-state index >= 15 is 0 Å². The Hall–Kier alpha value is -1.01. The molecule has 2 atom stereocenters. The van der Waals surface area contributed by atoms with Gasteiger partial charge in [0.25, 0.3) is 0 Å². The highest BCUT2D eigenvalue weighted by molar-refractivity contribution is 5.16. The van der Waals surface area contributed by atoms with Crippen LogP contribution in [0.25, 0.3) is 0 Å². The number of halogens is 1. The molecule has 4 nitrogen and oxygen atoms in total. The SMILES string of the molecule is OC[C@H]1COC[C@H](CO)N1Cc1ccc(F)cc1. The Morgan fingerprint density at radius 3 is 2.17 bits per heavy atom. The highest BCUT2D eigenvalue weighted by Gasteiger charge is 2.30. The van der Waals surface area contributed by atoms with Crippen molar-refractivity contribution in [1.82, 2.24) is 4.90 Å². The van der Waals surface area contributed by atoms with E-state index in [9.17, 15) is 14.6 Å². The average molecular weight is 255 g/mol. The van der Waals surface area contributed by atoms with Crippen LogP contribution in [0.3, 0.4) is 0 Å². The Labute approximate surface area is 106 Å². The molecule has 0 unspecified atom stereocenters. The van der Waals surface area contributed by atoms with Gasteiger partial charge >= 0.3 is 0 Å². The number of ether oxygens (including phenoxy) is 1. The first-order valence-electron chi connectivity index (χ1n) is 6.04. The van der Waals surface area contributed by atoms with Crippen LogP contribution >= 0.6 is 0 Å². The van der Waals surface area contributed by atoms with E-state index in [-0.39, 0.29) is 31.1 Å². The molecule has 0 aromatic heterocycles. The minimum Gasteiger partial charge on any atom is -0.395 e. The summed E-state index contributed by atoms with van der Waals surface area (Å²) in [6.45, 7) is 1.44. The molecule has 5 heteroatoms. The quantitative estimate of drug-likeness (QED) is 0.816. The van der Waals surface area contributed by atoms with Crippen molar-refractivity contribution in [2.45, 2.75) is 18.6 Å². The maximum Gasteiger partial charge on any atom is 0.123 e. The number of rotatable bonds is 4. The summed E-state index contributed by atoms with van der Waals surface area (Å²) in [5.74, 6) is -0.266. The van der Waals surface area contributed by atoms with Crippen LogP contribution in [-0.2, 0) is 11.3 Å². The molecule has 0 saturated carbocycles. The van der Waals surface area contributed by atoms with Crippen LogP contribution in [-0.4, -0.2) is 53.6 Å². The zero-order valence-corrected chi connectivity index (χ0v) is 10.1. The molecule has 0 radical (unpaired) electrons. The average Bonchev–Trinajstić information content (AvgIpc) is 2.41. The molecule has 1 aliphatic rings. The van der Waals surface area contributed by atoms with Gasteiger partial charge in [0.2, 0.25) is 0 Å². The van der Waals surface area contributed by atoms with E-state index in [1.165, 1.54) is 12.1 Å². The predicted molar refractivity (Wildman–Crippen MR) is 64.5 cm³/mol. The Morgan fingerprint density at radius 2 is 1.67 bits per heavy atom. The van der Waals surface area contributed by atoms with E-state index < -0.39 is 0 Å². The van der Waals surface area contributed by atoms with E-state index in [2.05, 4.69) is 0 Å². The standard InChI is InChI=1S/C13H18FNO3/c14-11-3-1-10(2-4-11)5-15-12(6-16)8-18-9-13(15)7-17/h1-4,12-13,16-17H,5-9H2/t12-,13-/m0/s1. The van der Waals surface area contributed by atoms with Gasteiger partial charge in [0, 0.05) is 6.54 Å². The first-order valence-corrected chi connectivity index (χ1v) is 6.04. The molecule has 1 aromatic rings. The lowest BCUT2D eigenvalue weighted by molar-refractivity contribution is -0.0829. The molecule has 0 aliphatic carbocycles. The number of benzene rings is 1. The van der Waals surface area contributed by atoms with Crippen molar-refractivity contribution in [2.75, 3.05) is 26.4 Å². The number of nitrogens with zero attached hydrogens (tertiary/aromatic N) is 1. The highest BCUT2D eigenvalue weighted by atomic mass is 19.1. The van der Waals surface area contributed by atoms with Gasteiger partial charge in [-0.25, -0.2) is 4.39 Å². The van der Waals surface area contributed by atoms with Crippen LogP contribution < -0.4 is 0 Å². The molecule has 100 valence electrons. The fourth-order valence-electron chi connectivity index (χ4n) is 2.20. The number of aliphatic hydroxyl groups excluding tert-OH is 2. The largest absolute Gasteiger partial charge is 0.395 e. The van der Waals surface area contributed by atoms with Gasteiger partial charge in [-0.1, -0.05) is 12.1 Å². The van der Waals surface area contributed by atoms with Crippen molar-refractivity contribution in [3.8, 4) is 0 Å². The summed E-state index contributed by atoms with van der Waals surface area (Å²) < 4.78 is 18.2. The molecule has 1 saturated heterocycles. The summed E-state index contributed by atoms with van der Waals surface area (Å²) in [5, 5.41) is 18.7. The zero-order chi connectivity index (χ0) is 13.0. The second-order valence-electron chi connectivity index (χ2n) is 4.51. The van der Waals surface area contributed by atoms with Gasteiger partial charge in [-0.05, 0) is 17.7 Å². The lowest BCUT2D eigenvalue weighted by Gasteiger charge is -2.40. The molecule has 1 aromatic carbocycles. The molecule has 0 amide bonds. The third-order valence-corrected chi connectivity index (χ3v) is 3.26. The van der Waals surface area contributed by atoms with Crippen LogP contribution in [0.4, 0.5) is 4.39 Å². The van der Waals surface area contributed by atoms with Gasteiger partial charge in [-0.2, -0.15) is 0 Å². The number of hydrogen-bond donors (Lipinski definition) is 2. The van der Waals surface area contributed by atoms with Gasteiger partial charge in [-0.15, -0.1) is 0 Å². The van der Waals surface area contributed by atoms with E-state index in [1.54, 1.807) is 12.1 Å². The van der Waals surface area contributed by atoms with Crippen molar-refractivity contribution >= 4 is 0 Å². The molecule has 0 spiro atoms.